The molecule has 2 aliphatic heterocycles. The fourth-order valence-electron chi connectivity index (χ4n) is 3.89. The molecule has 0 atom stereocenters. The first-order valence-electron chi connectivity index (χ1n) is 9.57. The summed E-state index contributed by atoms with van der Waals surface area (Å²) in [6, 6.07) is 16.7. The molecule has 30 heavy (non-hydrogen) atoms. The predicted molar refractivity (Wildman–Crippen MR) is 123 cm³/mol. The summed E-state index contributed by atoms with van der Waals surface area (Å²) in [6.45, 7) is 5.90. The van der Waals surface area contributed by atoms with Crippen LogP contribution in [0.2, 0.25) is 0 Å². The number of amides is 1. The number of hydrogen-bond donors (Lipinski definition) is 1. The van der Waals surface area contributed by atoms with Gasteiger partial charge in [0, 0.05) is 17.1 Å². The van der Waals surface area contributed by atoms with Crippen LogP contribution in [0.1, 0.15) is 23.9 Å². The zero-order valence-electron chi connectivity index (χ0n) is 16.8. The summed E-state index contributed by atoms with van der Waals surface area (Å²) >= 11 is 1.31. The van der Waals surface area contributed by atoms with Gasteiger partial charge in [-0.15, -0.1) is 0 Å². The Morgan fingerprint density at radius 3 is 2.60 bits per heavy atom. The van der Waals surface area contributed by atoms with E-state index in [1.807, 2.05) is 39.0 Å². The van der Waals surface area contributed by atoms with Gasteiger partial charge < -0.3 is 4.57 Å². The third kappa shape index (κ3) is 2.90. The molecule has 5 rings (SSSR count). The van der Waals surface area contributed by atoms with Crippen LogP contribution in [-0.2, 0) is 4.79 Å². The van der Waals surface area contributed by atoms with Crippen molar-refractivity contribution < 1.29 is 4.79 Å². The van der Waals surface area contributed by atoms with E-state index < -0.39 is 5.91 Å². The van der Waals surface area contributed by atoms with E-state index in [9.17, 15) is 4.79 Å². The van der Waals surface area contributed by atoms with Crippen LogP contribution < -0.4 is 0 Å². The van der Waals surface area contributed by atoms with Crippen molar-refractivity contribution in [3.63, 3.8) is 0 Å². The van der Waals surface area contributed by atoms with Crippen LogP contribution in [-0.4, -0.2) is 31.5 Å². The monoisotopic (exact) mass is 413 g/mol. The number of carbonyl (C=O) groups is 1. The van der Waals surface area contributed by atoms with Crippen molar-refractivity contribution in [3.8, 4) is 5.69 Å². The highest BCUT2D eigenvalue weighted by atomic mass is 32.2. The molecule has 0 fully saturated rings. The van der Waals surface area contributed by atoms with Gasteiger partial charge in [-0.25, -0.2) is 0 Å². The van der Waals surface area contributed by atoms with Gasteiger partial charge in [0.15, 0.2) is 5.84 Å². The summed E-state index contributed by atoms with van der Waals surface area (Å²) in [6.07, 6.45) is 1.75. The molecule has 6 nitrogen and oxygen atoms in total. The van der Waals surface area contributed by atoms with E-state index in [2.05, 4.69) is 45.0 Å². The number of aryl methyl sites for hydroxylation is 1. The fourth-order valence-corrected chi connectivity index (χ4v) is 4.62. The summed E-state index contributed by atoms with van der Waals surface area (Å²) in [4.78, 5) is 16.7. The number of amidine groups is 2. The molecule has 0 aliphatic carbocycles. The van der Waals surface area contributed by atoms with Crippen molar-refractivity contribution in [2.75, 3.05) is 0 Å². The number of hydrazone groups is 1. The van der Waals surface area contributed by atoms with E-state index in [-0.39, 0.29) is 11.4 Å². The fraction of sp³-hybridized carbons (Fsp3) is 0.130. The Morgan fingerprint density at radius 1 is 1.03 bits per heavy atom. The average Bonchev–Trinajstić information content (AvgIpc) is 3.23. The molecule has 1 N–H and O–H groups in total. The molecule has 0 unspecified atom stereocenters. The normalized spacial score (nSPS) is 17.6. The number of aliphatic imine (C=N–C) groups is 1. The van der Waals surface area contributed by atoms with Crippen LogP contribution >= 0.6 is 11.8 Å². The van der Waals surface area contributed by atoms with Gasteiger partial charge in [-0.1, -0.05) is 30.3 Å². The highest BCUT2D eigenvalue weighted by Crippen LogP contribution is 2.30. The number of thioether (sulfide) groups is 1. The van der Waals surface area contributed by atoms with Crippen molar-refractivity contribution in [1.29, 1.82) is 5.41 Å². The number of fused-ring (bicyclic) bond motifs is 2. The van der Waals surface area contributed by atoms with Crippen LogP contribution in [0.15, 0.2) is 64.2 Å². The molecular formula is C23H19N5OS. The number of nitrogens with one attached hydrogen (secondary N) is 1. The summed E-state index contributed by atoms with van der Waals surface area (Å²) in [5.74, 6) is -0.344. The average molecular weight is 414 g/mol. The van der Waals surface area contributed by atoms with Crippen molar-refractivity contribution in [1.82, 2.24) is 9.58 Å². The second-order valence-electron chi connectivity index (χ2n) is 7.33. The van der Waals surface area contributed by atoms with Gasteiger partial charge in [0.05, 0.1) is 10.6 Å². The standard InChI is InChI=1S/C23H19N5OS/c1-13-10-18(12-20-21(24)28-23(25-22(20)29)30-15(3)26-28)14(2)27(13)19-9-8-16-6-4-5-7-17(16)11-19/h4-12,24H,1-3H3/b20-12-,24-21?. The Balaban J connectivity index is 1.58. The molecule has 7 heteroatoms. The van der Waals surface area contributed by atoms with Crippen molar-refractivity contribution in [3.05, 3.63) is 71.1 Å². The first kappa shape index (κ1) is 18.6. The number of aromatic nitrogens is 1. The second-order valence-corrected chi connectivity index (χ2v) is 8.49. The lowest BCUT2D eigenvalue weighted by molar-refractivity contribution is -0.114. The van der Waals surface area contributed by atoms with E-state index in [1.54, 1.807) is 6.08 Å². The molecule has 148 valence electrons. The zero-order valence-corrected chi connectivity index (χ0v) is 17.6. The SMILES string of the molecule is CC1=NN2C(=N)/C(=C/c3cc(C)n(-c4ccc5ccccc5c4)c3C)C(=O)N=C2S1. The maximum absolute atomic E-state index is 12.6. The first-order chi connectivity index (χ1) is 14.4. The lowest BCUT2D eigenvalue weighted by Gasteiger charge is -2.20. The summed E-state index contributed by atoms with van der Waals surface area (Å²) < 4.78 is 2.17. The van der Waals surface area contributed by atoms with Gasteiger partial charge in [0.1, 0.15) is 0 Å². The Labute approximate surface area is 178 Å². The molecule has 0 spiro atoms. The van der Waals surface area contributed by atoms with E-state index in [1.165, 1.54) is 27.5 Å². The quantitative estimate of drug-likeness (QED) is 0.608. The molecule has 1 amide bonds. The number of benzene rings is 2. The number of nitrogens with zero attached hydrogens (tertiary/aromatic N) is 4. The van der Waals surface area contributed by atoms with Crippen LogP contribution in [0, 0.1) is 19.3 Å². The van der Waals surface area contributed by atoms with Gasteiger partial charge in [0.2, 0.25) is 5.17 Å². The third-order valence-corrected chi connectivity index (χ3v) is 6.14. The third-order valence-electron chi connectivity index (χ3n) is 5.32. The van der Waals surface area contributed by atoms with Crippen molar-refractivity contribution >= 4 is 50.6 Å². The highest BCUT2D eigenvalue weighted by molar-refractivity contribution is 8.26. The lowest BCUT2D eigenvalue weighted by atomic mass is 10.1. The van der Waals surface area contributed by atoms with Gasteiger partial charge in [0.25, 0.3) is 5.91 Å². The molecule has 1 aromatic heterocycles. The van der Waals surface area contributed by atoms with Crippen molar-refractivity contribution in [2.45, 2.75) is 20.8 Å². The maximum Gasteiger partial charge on any atom is 0.283 e. The minimum atomic E-state index is -0.404. The topological polar surface area (TPSA) is 73.8 Å². The van der Waals surface area contributed by atoms with Gasteiger partial charge in [-0.3, -0.25) is 10.2 Å². The van der Waals surface area contributed by atoms with Crippen LogP contribution in [0.5, 0.6) is 0 Å². The van der Waals surface area contributed by atoms with Gasteiger partial charge in [-0.05, 0) is 73.1 Å². The van der Waals surface area contributed by atoms with Gasteiger partial charge in [-0.2, -0.15) is 15.1 Å². The summed E-state index contributed by atoms with van der Waals surface area (Å²) in [7, 11) is 0. The van der Waals surface area contributed by atoms with E-state index >= 15 is 0 Å². The Kier molecular flexibility index (Phi) is 4.22. The molecule has 0 radical (unpaired) electrons. The predicted octanol–water partition coefficient (Wildman–Crippen LogP) is 4.89. The molecule has 3 heterocycles. The summed E-state index contributed by atoms with van der Waals surface area (Å²) in [5.41, 5.74) is 4.26. The minimum Gasteiger partial charge on any atom is -0.318 e. The minimum absolute atomic E-state index is 0.0601. The molecule has 3 aromatic rings. The molecule has 0 saturated carbocycles. The molecule has 2 aromatic carbocycles. The van der Waals surface area contributed by atoms with E-state index in [0.717, 1.165) is 27.7 Å². The molecule has 0 saturated heterocycles. The van der Waals surface area contributed by atoms with E-state index in [0.29, 0.717) is 5.17 Å². The Bertz CT molecular complexity index is 1340. The first-order valence-corrected chi connectivity index (χ1v) is 10.4. The maximum atomic E-state index is 12.6. The number of hydrogen-bond acceptors (Lipinski definition) is 4. The van der Waals surface area contributed by atoms with Crippen LogP contribution in [0.25, 0.3) is 22.5 Å². The zero-order chi connectivity index (χ0) is 21.0. The lowest BCUT2D eigenvalue weighted by Crippen LogP contribution is -2.35. The van der Waals surface area contributed by atoms with E-state index in [4.69, 9.17) is 5.41 Å². The Hall–Kier alpha value is -3.45. The molecule has 0 bridgehead atoms. The smallest absolute Gasteiger partial charge is 0.283 e. The van der Waals surface area contributed by atoms with Crippen LogP contribution in [0.4, 0.5) is 0 Å². The van der Waals surface area contributed by atoms with Gasteiger partial charge >= 0.3 is 0 Å². The second kappa shape index (κ2) is 6.81. The largest absolute Gasteiger partial charge is 0.318 e. The van der Waals surface area contributed by atoms with Crippen molar-refractivity contribution in [2.24, 2.45) is 10.1 Å². The highest BCUT2D eigenvalue weighted by Gasteiger charge is 2.34. The summed E-state index contributed by atoms with van der Waals surface area (Å²) in [5, 5.41) is 17.8. The van der Waals surface area contributed by atoms with Crippen LogP contribution in [0.3, 0.4) is 0 Å². The number of carbonyl (C=O) groups excluding carboxylic acids is 1. The molecular weight excluding hydrogens is 394 g/mol. The number of rotatable bonds is 2. The Morgan fingerprint density at radius 2 is 1.80 bits per heavy atom. The molecule has 2 aliphatic rings.